The Kier molecular flexibility index (Phi) is 2.65. The third-order valence-electron chi connectivity index (χ3n) is 3.28. The van der Waals surface area contributed by atoms with Crippen LogP contribution in [0.1, 0.15) is 15.9 Å². The summed E-state index contributed by atoms with van der Waals surface area (Å²) in [6.07, 6.45) is 3.14. The maximum absolute atomic E-state index is 12.2. The van der Waals surface area contributed by atoms with Gasteiger partial charge in [0.05, 0.1) is 0 Å². The minimum Gasteiger partial charge on any atom is -0.300 e. The molecule has 0 amide bonds. The van der Waals surface area contributed by atoms with Gasteiger partial charge in [-0.2, -0.15) is 5.26 Å². The maximum Gasteiger partial charge on any atom is 0.356 e. The largest absolute Gasteiger partial charge is 0.356 e. The summed E-state index contributed by atoms with van der Waals surface area (Å²) in [4.78, 5) is 27.2. The van der Waals surface area contributed by atoms with Crippen LogP contribution in [0.4, 0.5) is 0 Å². The Bertz CT molecular complexity index is 715. The van der Waals surface area contributed by atoms with Gasteiger partial charge in [0, 0.05) is 5.56 Å². The van der Waals surface area contributed by atoms with E-state index in [9.17, 15) is 9.59 Å². The number of ketones is 1. The summed E-state index contributed by atoms with van der Waals surface area (Å²) in [5, 5.41) is 10.3. The predicted molar refractivity (Wildman–Crippen MR) is 69.5 cm³/mol. The van der Waals surface area contributed by atoms with Crippen molar-refractivity contribution in [2.24, 2.45) is 5.92 Å². The van der Waals surface area contributed by atoms with Gasteiger partial charge in [0.1, 0.15) is 5.92 Å². The lowest BCUT2D eigenvalue weighted by atomic mass is 9.86. The molecule has 0 radical (unpaired) electrons. The highest BCUT2D eigenvalue weighted by Crippen LogP contribution is 2.28. The molecule has 1 N–H and O–H groups in total. The second-order valence-corrected chi connectivity index (χ2v) is 4.40. The van der Waals surface area contributed by atoms with E-state index in [-0.39, 0.29) is 5.78 Å². The molecule has 0 fully saturated rings. The number of rotatable bonds is 1. The van der Waals surface area contributed by atoms with E-state index < -0.39 is 11.9 Å². The van der Waals surface area contributed by atoms with Crippen LogP contribution in [0.5, 0.6) is 0 Å². The van der Waals surface area contributed by atoms with Gasteiger partial charge in [-0.25, -0.2) is 4.79 Å². The highest BCUT2D eigenvalue weighted by atomic mass is 17.1. The molecule has 94 valence electrons. The van der Waals surface area contributed by atoms with Crippen LogP contribution >= 0.6 is 0 Å². The standard InChI is InChI=1S/C15H10O4/c16-14-12(15(17)19-18)6-5-11-7-9-3-1-2-4-10(9)8-13(11)14/h1-8,12,18H. The summed E-state index contributed by atoms with van der Waals surface area (Å²) in [7, 11) is 0. The predicted octanol–water partition coefficient (Wildman–Crippen LogP) is 2.68. The molecular weight excluding hydrogens is 244 g/mol. The Hall–Kier alpha value is -2.46. The summed E-state index contributed by atoms with van der Waals surface area (Å²) < 4.78 is 0. The first-order valence-corrected chi connectivity index (χ1v) is 5.81. The SMILES string of the molecule is O=C(OO)C1C=Cc2cc3ccccc3cc2C1=O. The molecule has 1 aliphatic carbocycles. The molecule has 19 heavy (non-hydrogen) atoms. The van der Waals surface area contributed by atoms with E-state index in [0.29, 0.717) is 5.56 Å². The first kappa shape index (κ1) is 11.6. The Labute approximate surface area is 108 Å². The minimum absolute atomic E-state index is 0.359. The summed E-state index contributed by atoms with van der Waals surface area (Å²) in [6.45, 7) is 0. The summed E-state index contributed by atoms with van der Waals surface area (Å²) in [6, 6.07) is 11.3. The molecule has 4 heteroatoms. The molecule has 3 rings (SSSR count). The average molecular weight is 254 g/mol. The fourth-order valence-corrected chi connectivity index (χ4v) is 2.31. The number of hydrogen-bond acceptors (Lipinski definition) is 4. The van der Waals surface area contributed by atoms with Crippen LogP contribution in [0.3, 0.4) is 0 Å². The van der Waals surface area contributed by atoms with Crippen molar-refractivity contribution in [1.29, 1.82) is 0 Å². The van der Waals surface area contributed by atoms with Gasteiger partial charge in [0.15, 0.2) is 5.78 Å². The zero-order chi connectivity index (χ0) is 13.4. The molecule has 0 aliphatic heterocycles. The second kappa shape index (κ2) is 4.33. The lowest BCUT2D eigenvalue weighted by Gasteiger charge is -2.16. The topological polar surface area (TPSA) is 63.6 Å². The number of fused-ring (bicyclic) bond motifs is 2. The van der Waals surface area contributed by atoms with E-state index in [0.717, 1.165) is 16.3 Å². The molecule has 2 aromatic rings. The van der Waals surface area contributed by atoms with Gasteiger partial charge < -0.3 is 0 Å². The van der Waals surface area contributed by atoms with Gasteiger partial charge in [-0.05, 0) is 28.5 Å². The molecule has 0 saturated carbocycles. The van der Waals surface area contributed by atoms with Crippen molar-refractivity contribution in [3.05, 3.63) is 53.6 Å². The van der Waals surface area contributed by atoms with Crippen LogP contribution in [-0.4, -0.2) is 17.0 Å². The molecule has 4 nitrogen and oxygen atoms in total. The van der Waals surface area contributed by atoms with Gasteiger partial charge in [-0.1, -0.05) is 36.4 Å². The lowest BCUT2D eigenvalue weighted by molar-refractivity contribution is -0.235. The highest BCUT2D eigenvalue weighted by Gasteiger charge is 2.31. The van der Waals surface area contributed by atoms with Crippen molar-refractivity contribution in [2.45, 2.75) is 0 Å². The zero-order valence-corrected chi connectivity index (χ0v) is 9.87. The molecule has 2 aromatic carbocycles. The van der Waals surface area contributed by atoms with Gasteiger partial charge in [0.2, 0.25) is 0 Å². The maximum atomic E-state index is 12.2. The first-order chi connectivity index (χ1) is 9.20. The third-order valence-corrected chi connectivity index (χ3v) is 3.28. The van der Waals surface area contributed by atoms with Crippen molar-refractivity contribution in [3.8, 4) is 0 Å². The van der Waals surface area contributed by atoms with E-state index in [2.05, 4.69) is 4.89 Å². The van der Waals surface area contributed by atoms with Crippen molar-refractivity contribution in [1.82, 2.24) is 0 Å². The van der Waals surface area contributed by atoms with Crippen LogP contribution in [0.15, 0.2) is 42.5 Å². The molecule has 0 heterocycles. The Morgan fingerprint density at radius 1 is 1.16 bits per heavy atom. The Balaban J connectivity index is 2.15. The van der Waals surface area contributed by atoms with E-state index in [4.69, 9.17) is 5.26 Å². The van der Waals surface area contributed by atoms with Crippen molar-refractivity contribution in [2.75, 3.05) is 0 Å². The van der Waals surface area contributed by atoms with E-state index >= 15 is 0 Å². The molecule has 1 atom stereocenters. The second-order valence-electron chi connectivity index (χ2n) is 4.40. The first-order valence-electron chi connectivity index (χ1n) is 5.81. The molecule has 1 unspecified atom stereocenters. The van der Waals surface area contributed by atoms with Crippen LogP contribution in [-0.2, 0) is 9.68 Å². The van der Waals surface area contributed by atoms with Crippen LogP contribution in [0.25, 0.3) is 16.8 Å². The highest BCUT2D eigenvalue weighted by molar-refractivity contribution is 6.15. The smallest absolute Gasteiger partial charge is 0.300 e. The Morgan fingerprint density at radius 3 is 2.53 bits per heavy atom. The van der Waals surface area contributed by atoms with E-state index in [1.54, 1.807) is 12.1 Å². The fraction of sp³-hybridized carbons (Fsp3) is 0.0667. The van der Waals surface area contributed by atoms with Gasteiger partial charge in [-0.3, -0.25) is 9.68 Å². The molecule has 0 aromatic heterocycles. The number of hydrogen-bond donors (Lipinski definition) is 1. The van der Waals surface area contributed by atoms with Crippen molar-refractivity contribution in [3.63, 3.8) is 0 Å². The average Bonchev–Trinajstić information content (AvgIpc) is 2.45. The number of carbonyl (C=O) groups excluding carboxylic acids is 2. The fourth-order valence-electron chi connectivity index (χ4n) is 2.31. The molecule has 0 saturated heterocycles. The van der Waals surface area contributed by atoms with Crippen molar-refractivity contribution >= 4 is 28.6 Å². The van der Waals surface area contributed by atoms with Crippen LogP contribution in [0.2, 0.25) is 0 Å². The van der Waals surface area contributed by atoms with Gasteiger partial charge in [-0.15, -0.1) is 0 Å². The van der Waals surface area contributed by atoms with Crippen LogP contribution in [0, 0.1) is 5.92 Å². The van der Waals surface area contributed by atoms with E-state index in [1.807, 2.05) is 30.3 Å². The summed E-state index contributed by atoms with van der Waals surface area (Å²) in [5.74, 6) is -2.39. The zero-order valence-electron chi connectivity index (χ0n) is 9.87. The molecule has 1 aliphatic rings. The van der Waals surface area contributed by atoms with Crippen molar-refractivity contribution < 1.29 is 19.7 Å². The molecular formula is C15H10O4. The minimum atomic E-state index is -1.07. The van der Waals surface area contributed by atoms with Crippen LogP contribution < -0.4 is 0 Å². The number of carbonyl (C=O) groups is 2. The van der Waals surface area contributed by atoms with Gasteiger partial charge in [0.25, 0.3) is 0 Å². The molecule has 0 bridgehead atoms. The monoisotopic (exact) mass is 254 g/mol. The number of Topliss-reactive ketones (excluding diaryl/α,β-unsaturated/α-hetero) is 1. The number of benzene rings is 2. The summed E-state index contributed by atoms with van der Waals surface area (Å²) >= 11 is 0. The molecule has 0 spiro atoms. The van der Waals surface area contributed by atoms with E-state index in [1.165, 1.54) is 6.08 Å². The quantitative estimate of drug-likeness (QED) is 0.482. The van der Waals surface area contributed by atoms with Gasteiger partial charge >= 0.3 is 5.97 Å². The summed E-state index contributed by atoms with van der Waals surface area (Å²) in [5.41, 5.74) is 1.24. The normalized spacial score (nSPS) is 17.3. The third kappa shape index (κ3) is 1.82. The Morgan fingerprint density at radius 2 is 1.84 bits per heavy atom. The lowest BCUT2D eigenvalue weighted by Crippen LogP contribution is -2.26.